The van der Waals surface area contributed by atoms with Crippen molar-refractivity contribution in [2.75, 3.05) is 7.11 Å². The van der Waals surface area contributed by atoms with Crippen LogP contribution in [0.4, 0.5) is 0 Å². The van der Waals surface area contributed by atoms with Crippen LogP contribution < -0.4 is 4.74 Å². The second-order valence-electron chi connectivity index (χ2n) is 4.03. The van der Waals surface area contributed by atoms with Crippen molar-refractivity contribution in [2.45, 2.75) is 19.6 Å². The van der Waals surface area contributed by atoms with Crippen molar-refractivity contribution >= 4 is 5.97 Å². The van der Waals surface area contributed by atoms with Crippen LogP contribution in [0.3, 0.4) is 0 Å². The molecule has 1 heterocycles. The molecular formula is C13H15N3O3. The Morgan fingerprint density at radius 3 is 2.68 bits per heavy atom. The Balaban J connectivity index is 1.96. The highest BCUT2D eigenvalue weighted by atomic mass is 16.6. The number of hydrogen-bond acceptors (Lipinski definition) is 5. The molecule has 0 saturated carbocycles. The number of esters is 1. The average molecular weight is 261 g/mol. The zero-order valence-corrected chi connectivity index (χ0v) is 10.8. The second kappa shape index (κ2) is 5.99. The molecular weight excluding hydrogens is 246 g/mol. The Bertz CT molecular complexity index is 523. The molecule has 100 valence electrons. The fourth-order valence-corrected chi connectivity index (χ4v) is 1.60. The first-order valence-electron chi connectivity index (χ1n) is 5.86. The quantitative estimate of drug-likeness (QED) is 0.758. The first-order valence-corrected chi connectivity index (χ1v) is 5.86. The van der Waals surface area contributed by atoms with Crippen LogP contribution in [0.5, 0.6) is 5.75 Å². The molecule has 0 aliphatic rings. The van der Waals surface area contributed by atoms with Crippen LogP contribution in [0, 0.1) is 0 Å². The van der Waals surface area contributed by atoms with Gasteiger partial charge in [0.15, 0.2) is 6.10 Å². The number of carbonyl (C=O) groups excluding carboxylic acids is 1. The summed E-state index contributed by atoms with van der Waals surface area (Å²) in [6.45, 7) is 2.29. The Kier molecular flexibility index (Phi) is 4.12. The Morgan fingerprint density at radius 2 is 2.11 bits per heavy atom. The molecule has 1 aromatic heterocycles. The van der Waals surface area contributed by atoms with Gasteiger partial charge in [-0.2, -0.15) is 0 Å². The van der Waals surface area contributed by atoms with E-state index in [4.69, 9.17) is 4.74 Å². The molecule has 6 heteroatoms. The van der Waals surface area contributed by atoms with E-state index in [0.29, 0.717) is 12.3 Å². The molecule has 0 spiro atoms. The minimum Gasteiger partial charge on any atom is -0.479 e. The number of benzene rings is 1. The lowest BCUT2D eigenvalue weighted by Gasteiger charge is -2.12. The monoisotopic (exact) mass is 261 g/mol. The maximum atomic E-state index is 11.2. The van der Waals surface area contributed by atoms with Crippen molar-refractivity contribution in [3.63, 3.8) is 0 Å². The predicted molar refractivity (Wildman–Crippen MR) is 67.7 cm³/mol. The van der Waals surface area contributed by atoms with Crippen molar-refractivity contribution in [3.05, 3.63) is 42.2 Å². The second-order valence-corrected chi connectivity index (χ2v) is 4.03. The van der Waals surface area contributed by atoms with Gasteiger partial charge < -0.3 is 9.47 Å². The van der Waals surface area contributed by atoms with Crippen molar-refractivity contribution in [3.8, 4) is 5.75 Å². The summed E-state index contributed by atoms with van der Waals surface area (Å²) in [7, 11) is 1.34. The van der Waals surface area contributed by atoms with Crippen molar-refractivity contribution in [1.82, 2.24) is 15.0 Å². The Hall–Kier alpha value is -2.37. The van der Waals surface area contributed by atoms with Crippen molar-refractivity contribution in [1.29, 1.82) is 0 Å². The summed E-state index contributed by atoms with van der Waals surface area (Å²) in [5.74, 6) is 0.229. The molecule has 0 fully saturated rings. The Labute approximate surface area is 110 Å². The lowest BCUT2D eigenvalue weighted by atomic mass is 10.2. The van der Waals surface area contributed by atoms with Crippen LogP contribution in [0.25, 0.3) is 0 Å². The molecule has 0 N–H and O–H groups in total. The molecule has 19 heavy (non-hydrogen) atoms. The van der Waals surface area contributed by atoms with Gasteiger partial charge in [0.25, 0.3) is 0 Å². The fraction of sp³-hybridized carbons (Fsp3) is 0.308. The van der Waals surface area contributed by atoms with E-state index >= 15 is 0 Å². The molecule has 0 amide bonds. The summed E-state index contributed by atoms with van der Waals surface area (Å²) in [4.78, 5) is 11.2. The number of ether oxygens (including phenoxy) is 2. The molecule has 1 aromatic carbocycles. The third-order valence-corrected chi connectivity index (χ3v) is 2.59. The topological polar surface area (TPSA) is 66.2 Å². The number of nitrogens with zero attached hydrogens (tertiary/aromatic N) is 3. The van der Waals surface area contributed by atoms with E-state index in [0.717, 1.165) is 5.56 Å². The van der Waals surface area contributed by atoms with Gasteiger partial charge in [-0.1, -0.05) is 17.3 Å². The van der Waals surface area contributed by atoms with Crippen molar-refractivity contribution < 1.29 is 14.3 Å². The van der Waals surface area contributed by atoms with E-state index in [1.54, 1.807) is 24.0 Å². The largest absolute Gasteiger partial charge is 0.479 e. The number of methoxy groups -OCH3 is 1. The van der Waals surface area contributed by atoms with E-state index in [1.807, 2.05) is 24.3 Å². The first-order chi connectivity index (χ1) is 9.19. The summed E-state index contributed by atoms with van der Waals surface area (Å²) < 4.78 is 11.8. The van der Waals surface area contributed by atoms with Gasteiger partial charge in [0.05, 0.1) is 19.9 Å². The molecule has 0 aliphatic carbocycles. The lowest BCUT2D eigenvalue weighted by Crippen LogP contribution is -2.24. The van der Waals surface area contributed by atoms with Gasteiger partial charge in [-0.05, 0) is 24.6 Å². The van der Waals surface area contributed by atoms with E-state index < -0.39 is 12.1 Å². The minimum absolute atomic E-state index is 0.397. The average Bonchev–Trinajstić information content (AvgIpc) is 2.93. The summed E-state index contributed by atoms with van der Waals surface area (Å²) in [5, 5.41) is 7.63. The number of aromatic nitrogens is 3. The summed E-state index contributed by atoms with van der Waals surface area (Å²) in [5.41, 5.74) is 1.07. The standard InChI is InChI=1S/C13H15N3O3/c1-10(13(17)18-2)19-12-5-3-11(4-6-12)9-16-8-7-14-15-16/h3-8,10H,9H2,1-2H3/t10-/m0/s1. The van der Waals surface area contributed by atoms with Gasteiger partial charge >= 0.3 is 5.97 Å². The summed E-state index contributed by atoms with van der Waals surface area (Å²) >= 11 is 0. The van der Waals surface area contributed by atoms with E-state index in [9.17, 15) is 4.79 Å². The maximum absolute atomic E-state index is 11.2. The Morgan fingerprint density at radius 1 is 1.37 bits per heavy atom. The van der Waals surface area contributed by atoms with Gasteiger partial charge in [0, 0.05) is 6.20 Å². The van der Waals surface area contributed by atoms with Crippen LogP contribution in [0.2, 0.25) is 0 Å². The fourth-order valence-electron chi connectivity index (χ4n) is 1.60. The van der Waals surface area contributed by atoms with Gasteiger partial charge in [-0.25, -0.2) is 9.48 Å². The van der Waals surface area contributed by atoms with Gasteiger partial charge in [-0.15, -0.1) is 5.10 Å². The zero-order chi connectivity index (χ0) is 13.7. The van der Waals surface area contributed by atoms with Crippen LogP contribution in [0.1, 0.15) is 12.5 Å². The minimum atomic E-state index is -0.619. The summed E-state index contributed by atoms with van der Waals surface area (Å²) in [6.07, 6.45) is 2.81. The summed E-state index contributed by atoms with van der Waals surface area (Å²) in [6, 6.07) is 7.46. The van der Waals surface area contributed by atoms with E-state index in [2.05, 4.69) is 15.0 Å². The SMILES string of the molecule is COC(=O)[C@H](C)Oc1ccc(Cn2ccnn2)cc1. The van der Waals surface area contributed by atoms with Crippen LogP contribution in [-0.2, 0) is 16.1 Å². The lowest BCUT2D eigenvalue weighted by molar-refractivity contribution is -0.147. The predicted octanol–water partition coefficient (Wildman–Crippen LogP) is 1.27. The van der Waals surface area contributed by atoms with Crippen LogP contribution in [0.15, 0.2) is 36.7 Å². The third kappa shape index (κ3) is 3.54. The van der Waals surface area contributed by atoms with Crippen LogP contribution >= 0.6 is 0 Å². The number of rotatable bonds is 5. The zero-order valence-electron chi connectivity index (χ0n) is 10.8. The van der Waals surface area contributed by atoms with Gasteiger partial charge in [-0.3, -0.25) is 0 Å². The van der Waals surface area contributed by atoms with E-state index in [1.165, 1.54) is 7.11 Å². The highest BCUT2D eigenvalue weighted by molar-refractivity contribution is 5.74. The molecule has 2 rings (SSSR count). The highest BCUT2D eigenvalue weighted by Gasteiger charge is 2.14. The number of carbonyl (C=O) groups is 1. The molecule has 6 nitrogen and oxygen atoms in total. The molecule has 0 saturated heterocycles. The normalized spacial score (nSPS) is 11.9. The number of hydrogen-bond donors (Lipinski definition) is 0. The van der Waals surface area contributed by atoms with Gasteiger partial charge in [0.1, 0.15) is 5.75 Å². The van der Waals surface area contributed by atoms with Crippen LogP contribution in [-0.4, -0.2) is 34.2 Å². The first kappa shape index (κ1) is 13.1. The molecule has 0 bridgehead atoms. The van der Waals surface area contributed by atoms with Crippen molar-refractivity contribution in [2.24, 2.45) is 0 Å². The maximum Gasteiger partial charge on any atom is 0.346 e. The molecule has 0 unspecified atom stereocenters. The molecule has 1 atom stereocenters. The smallest absolute Gasteiger partial charge is 0.346 e. The van der Waals surface area contributed by atoms with E-state index in [-0.39, 0.29) is 0 Å². The molecule has 0 radical (unpaired) electrons. The molecule has 0 aliphatic heterocycles. The third-order valence-electron chi connectivity index (χ3n) is 2.59. The van der Waals surface area contributed by atoms with Gasteiger partial charge in [0.2, 0.25) is 0 Å². The molecule has 2 aromatic rings. The highest BCUT2D eigenvalue weighted by Crippen LogP contribution is 2.14.